The first-order valence-corrected chi connectivity index (χ1v) is 7.53. The zero-order valence-electron chi connectivity index (χ0n) is 13.4. The SMILES string of the molecule is CC(=O)Nc1ccc(NC(=O)Cn2nnc3ccccc3c2=O)cc1. The van der Waals surface area contributed by atoms with Crippen LogP contribution >= 0.6 is 0 Å². The van der Waals surface area contributed by atoms with Crippen molar-refractivity contribution in [3.8, 4) is 0 Å². The second kappa shape index (κ2) is 6.91. The second-order valence-electron chi connectivity index (χ2n) is 5.38. The number of nitrogens with one attached hydrogen (secondary N) is 2. The summed E-state index contributed by atoms with van der Waals surface area (Å²) in [6, 6.07) is 13.4. The summed E-state index contributed by atoms with van der Waals surface area (Å²) < 4.78 is 1.02. The third-order valence-corrected chi connectivity index (χ3v) is 3.41. The molecule has 0 radical (unpaired) electrons. The van der Waals surface area contributed by atoms with Gasteiger partial charge >= 0.3 is 0 Å². The van der Waals surface area contributed by atoms with Crippen LogP contribution in [0.2, 0.25) is 0 Å². The number of fused-ring (bicyclic) bond motifs is 1. The molecule has 2 aromatic carbocycles. The fourth-order valence-electron chi connectivity index (χ4n) is 2.30. The molecule has 0 saturated carbocycles. The van der Waals surface area contributed by atoms with E-state index in [-0.39, 0.29) is 18.0 Å². The quantitative estimate of drug-likeness (QED) is 0.748. The molecular weight excluding hydrogens is 322 g/mol. The minimum Gasteiger partial charge on any atom is -0.326 e. The van der Waals surface area contributed by atoms with E-state index in [2.05, 4.69) is 20.9 Å². The molecule has 1 heterocycles. The van der Waals surface area contributed by atoms with E-state index in [4.69, 9.17) is 0 Å². The van der Waals surface area contributed by atoms with Crippen molar-refractivity contribution in [3.05, 3.63) is 58.9 Å². The standard InChI is InChI=1S/C17H15N5O3/c1-11(23)18-12-6-8-13(9-7-12)19-16(24)10-22-17(25)14-4-2-3-5-15(14)20-21-22/h2-9H,10H2,1H3,(H,18,23)(H,19,24). The van der Waals surface area contributed by atoms with Crippen molar-refractivity contribution in [1.82, 2.24) is 15.0 Å². The van der Waals surface area contributed by atoms with Crippen molar-refractivity contribution in [2.24, 2.45) is 0 Å². The highest BCUT2D eigenvalue weighted by atomic mass is 16.2. The van der Waals surface area contributed by atoms with Crippen LogP contribution in [0.25, 0.3) is 10.9 Å². The Labute approximate surface area is 142 Å². The number of amides is 2. The van der Waals surface area contributed by atoms with Crippen LogP contribution in [0.3, 0.4) is 0 Å². The number of carbonyl (C=O) groups is 2. The molecule has 3 aromatic rings. The Kier molecular flexibility index (Phi) is 4.51. The number of anilines is 2. The number of benzene rings is 2. The molecule has 2 N–H and O–H groups in total. The zero-order chi connectivity index (χ0) is 17.8. The smallest absolute Gasteiger partial charge is 0.278 e. The highest BCUT2D eigenvalue weighted by molar-refractivity contribution is 5.92. The van der Waals surface area contributed by atoms with Gasteiger partial charge in [0.2, 0.25) is 11.8 Å². The van der Waals surface area contributed by atoms with Gasteiger partial charge in [0.1, 0.15) is 12.1 Å². The lowest BCUT2D eigenvalue weighted by atomic mass is 10.2. The summed E-state index contributed by atoms with van der Waals surface area (Å²) in [7, 11) is 0. The first-order chi connectivity index (χ1) is 12.0. The number of carbonyl (C=O) groups excluding carboxylic acids is 2. The number of rotatable bonds is 4. The fourth-order valence-corrected chi connectivity index (χ4v) is 2.30. The van der Waals surface area contributed by atoms with Crippen LogP contribution in [-0.2, 0) is 16.1 Å². The van der Waals surface area contributed by atoms with Crippen LogP contribution in [0.1, 0.15) is 6.92 Å². The highest BCUT2D eigenvalue weighted by Gasteiger charge is 2.09. The van der Waals surface area contributed by atoms with E-state index in [0.29, 0.717) is 22.3 Å². The summed E-state index contributed by atoms with van der Waals surface area (Å²) in [6.45, 7) is 1.17. The minimum absolute atomic E-state index is 0.175. The third-order valence-electron chi connectivity index (χ3n) is 3.41. The lowest BCUT2D eigenvalue weighted by molar-refractivity contribution is -0.117. The van der Waals surface area contributed by atoms with Gasteiger partial charge in [-0.1, -0.05) is 17.3 Å². The lowest BCUT2D eigenvalue weighted by Gasteiger charge is -2.08. The summed E-state index contributed by atoms with van der Waals surface area (Å²) in [4.78, 5) is 35.4. The van der Waals surface area contributed by atoms with E-state index >= 15 is 0 Å². The number of hydrogen-bond donors (Lipinski definition) is 2. The van der Waals surface area contributed by atoms with Gasteiger partial charge in [0.05, 0.1) is 5.39 Å². The Morgan fingerprint density at radius 1 is 1.00 bits per heavy atom. The summed E-state index contributed by atoms with van der Waals surface area (Å²) >= 11 is 0. The predicted octanol–water partition coefficient (Wildman–Crippen LogP) is 1.39. The zero-order valence-corrected chi connectivity index (χ0v) is 13.4. The lowest BCUT2D eigenvalue weighted by Crippen LogP contribution is -2.30. The minimum atomic E-state index is -0.404. The van der Waals surface area contributed by atoms with E-state index in [1.165, 1.54) is 6.92 Å². The van der Waals surface area contributed by atoms with Crippen LogP contribution < -0.4 is 16.2 Å². The van der Waals surface area contributed by atoms with Crippen molar-refractivity contribution < 1.29 is 9.59 Å². The Balaban J connectivity index is 1.71. The maximum Gasteiger partial charge on any atom is 0.278 e. The first-order valence-electron chi connectivity index (χ1n) is 7.53. The fraction of sp³-hybridized carbons (Fsp3) is 0.118. The topological polar surface area (TPSA) is 106 Å². The largest absolute Gasteiger partial charge is 0.326 e. The summed E-state index contributed by atoms with van der Waals surface area (Å²) in [5.74, 6) is -0.579. The van der Waals surface area contributed by atoms with Gasteiger partial charge < -0.3 is 10.6 Å². The molecule has 0 saturated heterocycles. The van der Waals surface area contributed by atoms with Crippen LogP contribution in [0.4, 0.5) is 11.4 Å². The van der Waals surface area contributed by atoms with E-state index in [0.717, 1.165) is 4.68 Å². The van der Waals surface area contributed by atoms with Gasteiger partial charge in [-0.3, -0.25) is 14.4 Å². The molecule has 0 aliphatic heterocycles. The van der Waals surface area contributed by atoms with Crippen LogP contribution in [0.15, 0.2) is 53.3 Å². The summed E-state index contributed by atoms with van der Waals surface area (Å²) in [5, 5.41) is 13.4. The van der Waals surface area contributed by atoms with Crippen LogP contribution in [0.5, 0.6) is 0 Å². The molecule has 2 amide bonds. The molecule has 0 aliphatic rings. The average Bonchev–Trinajstić information content (AvgIpc) is 2.59. The van der Waals surface area contributed by atoms with Crippen molar-refractivity contribution in [2.45, 2.75) is 13.5 Å². The van der Waals surface area contributed by atoms with E-state index in [9.17, 15) is 14.4 Å². The third kappa shape index (κ3) is 3.86. The van der Waals surface area contributed by atoms with Crippen molar-refractivity contribution >= 4 is 34.1 Å². The molecule has 8 heteroatoms. The second-order valence-corrected chi connectivity index (χ2v) is 5.38. The first kappa shape index (κ1) is 16.3. The number of aromatic nitrogens is 3. The van der Waals surface area contributed by atoms with Gasteiger partial charge in [-0.15, -0.1) is 5.10 Å². The molecule has 0 unspecified atom stereocenters. The Morgan fingerprint density at radius 2 is 1.64 bits per heavy atom. The van der Waals surface area contributed by atoms with E-state index in [1.807, 2.05) is 0 Å². The normalized spacial score (nSPS) is 10.4. The number of hydrogen-bond acceptors (Lipinski definition) is 5. The van der Waals surface area contributed by atoms with Gasteiger partial charge in [-0.05, 0) is 36.4 Å². The van der Waals surface area contributed by atoms with Crippen LogP contribution in [0, 0.1) is 0 Å². The average molecular weight is 337 g/mol. The Morgan fingerprint density at radius 3 is 2.32 bits per heavy atom. The van der Waals surface area contributed by atoms with E-state index < -0.39 is 5.91 Å². The molecule has 8 nitrogen and oxygen atoms in total. The van der Waals surface area contributed by atoms with Crippen molar-refractivity contribution in [2.75, 3.05) is 10.6 Å². The monoisotopic (exact) mass is 337 g/mol. The number of nitrogens with zero attached hydrogens (tertiary/aromatic N) is 3. The molecular formula is C17H15N5O3. The molecule has 0 fully saturated rings. The van der Waals surface area contributed by atoms with Gasteiger partial charge in [0.25, 0.3) is 5.56 Å². The maximum absolute atomic E-state index is 12.3. The Hall–Kier alpha value is -3.55. The molecule has 0 aliphatic carbocycles. The molecule has 25 heavy (non-hydrogen) atoms. The van der Waals surface area contributed by atoms with Crippen molar-refractivity contribution in [3.63, 3.8) is 0 Å². The van der Waals surface area contributed by atoms with Gasteiger partial charge in [-0.25, -0.2) is 4.68 Å². The van der Waals surface area contributed by atoms with Gasteiger partial charge in [0.15, 0.2) is 0 Å². The van der Waals surface area contributed by atoms with Crippen molar-refractivity contribution in [1.29, 1.82) is 0 Å². The summed E-state index contributed by atoms with van der Waals surface area (Å²) in [6.07, 6.45) is 0. The van der Waals surface area contributed by atoms with Gasteiger partial charge in [0, 0.05) is 18.3 Å². The summed E-state index contributed by atoms with van der Waals surface area (Å²) in [5.41, 5.74) is 1.28. The molecule has 0 bridgehead atoms. The Bertz CT molecular complexity index is 995. The molecule has 0 atom stereocenters. The van der Waals surface area contributed by atoms with Gasteiger partial charge in [-0.2, -0.15) is 0 Å². The maximum atomic E-state index is 12.3. The van der Waals surface area contributed by atoms with E-state index in [1.54, 1.807) is 48.5 Å². The molecule has 0 spiro atoms. The predicted molar refractivity (Wildman–Crippen MR) is 93.2 cm³/mol. The molecule has 126 valence electrons. The molecule has 1 aromatic heterocycles. The van der Waals surface area contributed by atoms with Crippen LogP contribution in [-0.4, -0.2) is 26.8 Å². The molecule has 3 rings (SSSR count). The highest BCUT2D eigenvalue weighted by Crippen LogP contribution is 2.13.